The molecule has 0 saturated carbocycles. The molecule has 0 atom stereocenters. The van der Waals surface area contributed by atoms with Crippen LogP contribution in [0, 0.1) is 0 Å². The number of nitrogen functional groups attached to an aromatic ring is 1. The monoisotopic (exact) mass is 296 g/mol. The van der Waals surface area contributed by atoms with Crippen molar-refractivity contribution in [2.45, 2.75) is 0 Å². The van der Waals surface area contributed by atoms with Crippen LogP contribution in [0.1, 0.15) is 10.4 Å². The molecule has 6 nitrogen and oxygen atoms in total. The summed E-state index contributed by atoms with van der Waals surface area (Å²) in [6, 6.07) is 3.24. The average molecular weight is 296 g/mol. The Bertz CT molecular complexity index is 759. The molecule has 0 amide bonds. The van der Waals surface area contributed by atoms with Gasteiger partial charge in [-0.05, 0) is 22.9 Å². The Morgan fingerprint density at radius 2 is 2.05 bits per heavy atom. The molecule has 19 heavy (non-hydrogen) atoms. The summed E-state index contributed by atoms with van der Waals surface area (Å²) in [5.74, 6) is -0.964. The number of aromatic nitrogens is 1. The van der Waals surface area contributed by atoms with Gasteiger partial charge in [0.05, 0.1) is 5.56 Å². The van der Waals surface area contributed by atoms with Crippen LogP contribution in [-0.2, 0) is 0 Å². The molecule has 3 heterocycles. The Morgan fingerprint density at radius 3 is 2.58 bits per heavy atom. The highest BCUT2D eigenvalue weighted by Crippen LogP contribution is 2.18. The van der Waals surface area contributed by atoms with E-state index in [0.717, 1.165) is 6.39 Å². The molecule has 0 aliphatic rings. The minimum Gasteiger partial charge on any atom is -0.478 e. The zero-order chi connectivity index (χ0) is 13.8. The van der Waals surface area contributed by atoms with Crippen molar-refractivity contribution >= 4 is 43.9 Å². The summed E-state index contributed by atoms with van der Waals surface area (Å²) >= 11 is 2.57. The first-order valence-electron chi connectivity index (χ1n) is 4.97. The van der Waals surface area contributed by atoms with Gasteiger partial charge >= 0.3 is 5.97 Å². The first-order chi connectivity index (χ1) is 9.09. The molecule has 0 bridgehead atoms. The predicted octanol–water partition coefficient (Wildman–Crippen LogP) is 2.28. The summed E-state index contributed by atoms with van der Waals surface area (Å²) in [7, 11) is 0. The third-order valence-electron chi connectivity index (χ3n) is 2.10. The molecule has 8 heteroatoms. The Morgan fingerprint density at radius 1 is 1.32 bits per heavy atom. The van der Waals surface area contributed by atoms with E-state index in [4.69, 9.17) is 15.3 Å². The number of nitrogens with two attached hydrogens (primary N) is 1. The van der Waals surface area contributed by atoms with Crippen LogP contribution in [0.25, 0.3) is 10.3 Å². The molecule has 0 aromatic carbocycles. The van der Waals surface area contributed by atoms with E-state index in [2.05, 4.69) is 4.98 Å². The van der Waals surface area contributed by atoms with E-state index in [9.17, 15) is 9.59 Å². The molecular weight excluding hydrogens is 288 g/mol. The number of anilines is 1. The average Bonchev–Trinajstić information content (AvgIpc) is 2.98. The van der Waals surface area contributed by atoms with Crippen molar-refractivity contribution in [3.8, 4) is 0 Å². The molecule has 0 fully saturated rings. The van der Waals surface area contributed by atoms with Gasteiger partial charge in [-0.3, -0.25) is 4.79 Å². The van der Waals surface area contributed by atoms with Gasteiger partial charge < -0.3 is 15.3 Å². The fourth-order valence-electron chi connectivity index (χ4n) is 1.23. The number of nitrogens with zero attached hydrogens (tertiary/aromatic N) is 1. The van der Waals surface area contributed by atoms with Crippen LogP contribution in [0.5, 0.6) is 0 Å². The molecule has 98 valence electrons. The van der Waals surface area contributed by atoms with Gasteiger partial charge in [0.15, 0.2) is 12.0 Å². The lowest BCUT2D eigenvalue weighted by atomic mass is 10.3. The van der Waals surface area contributed by atoms with Gasteiger partial charge in [-0.1, -0.05) is 0 Å². The number of hydrogen-bond acceptors (Lipinski definition) is 7. The molecule has 0 saturated heterocycles. The lowest BCUT2D eigenvalue weighted by molar-refractivity contribution is 0.0698. The lowest BCUT2D eigenvalue weighted by Crippen LogP contribution is -2.01. The molecule has 3 aromatic rings. The normalized spacial score (nSPS) is 9.89. The van der Waals surface area contributed by atoms with Crippen LogP contribution in [0.3, 0.4) is 0 Å². The van der Waals surface area contributed by atoms with Crippen molar-refractivity contribution in [1.29, 1.82) is 0 Å². The molecule has 0 radical (unpaired) electrons. The topological polar surface area (TPSA) is 106 Å². The summed E-state index contributed by atoms with van der Waals surface area (Å²) in [4.78, 5) is 24.6. The standard InChI is InChI=1S/C6H3NO2S.C5H5NO2S/c8-6-5-4(1-2-10-5)9-3-7-6;6-4-3(5(7)8)1-2-9-4/h1-3H;1-2H,6H2,(H,7,8). The highest BCUT2D eigenvalue weighted by Gasteiger charge is 2.06. The molecular formula is C11H8N2O4S2. The summed E-state index contributed by atoms with van der Waals surface area (Å²) in [5.41, 5.74) is 5.88. The largest absolute Gasteiger partial charge is 0.478 e. The Balaban J connectivity index is 0.000000141. The van der Waals surface area contributed by atoms with E-state index in [1.54, 1.807) is 16.8 Å². The van der Waals surface area contributed by atoms with Crippen molar-refractivity contribution in [2.24, 2.45) is 0 Å². The van der Waals surface area contributed by atoms with E-state index >= 15 is 0 Å². The molecule has 0 spiro atoms. The van der Waals surface area contributed by atoms with Gasteiger partial charge in [0.2, 0.25) is 0 Å². The first-order valence-corrected chi connectivity index (χ1v) is 6.73. The van der Waals surface area contributed by atoms with Crippen LogP contribution < -0.4 is 11.3 Å². The Hall–Kier alpha value is -2.19. The fraction of sp³-hybridized carbons (Fsp3) is 0. The number of carboxylic acids is 1. The van der Waals surface area contributed by atoms with Crippen LogP contribution in [0.15, 0.2) is 38.5 Å². The highest BCUT2D eigenvalue weighted by atomic mass is 32.1. The van der Waals surface area contributed by atoms with Gasteiger partial charge in [-0.25, -0.2) is 4.79 Å². The molecule has 0 aliphatic carbocycles. The number of rotatable bonds is 1. The van der Waals surface area contributed by atoms with Crippen LogP contribution in [0.2, 0.25) is 0 Å². The maximum atomic E-state index is 10.9. The van der Waals surface area contributed by atoms with Crippen molar-refractivity contribution < 1.29 is 14.3 Å². The number of fused-ring (bicyclic) bond motifs is 1. The summed E-state index contributed by atoms with van der Waals surface area (Å²) in [6.07, 6.45) is 1.16. The molecule has 3 rings (SSSR count). The number of carbonyl (C=O) groups is 1. The summed E-state index contributed by atoms with van der Waals surface area (Å²) < 4.78 is 5.52. The van der Waals surface area contributed by atoms with E-state index in [0.29, 0.717) is 15.3 Å². The van der Waals surface area contributed by atoms with E-state index in [1.807, 2.05) is 0 Å². The molecule has 3 aromatic heterocycles. The number of carboxylic acid groups (broad SMARTS) is 1. The SMILES string of the molecule is Nc1sccc1C(=O)O.O=c1ncoc2ccsc12. The van der Waals surface area contributed by atoms with Crippen molar-refractivity contribution in [3.05, 3.63) is 45.2 Å². The van der Waals surface area contributed by atoms with Gasteiger partial charge in [-0.15, -0.1) is 22.7 Å². The van der Waals surface area contributed by atoms with Crippen molar-refractivity contribution in [3.63, 3.8) is 0 Å². The zero-order valence-corrected chi connectivity index (χ0v) is 11.0. The molecule has 0 unspecified atom stereocenters. The maximum Gasteiger partial charge on any atom is 0.338 e. The second kappa shape index (κ2) is 5.63. The van der Waals surface area contributed by atoms with Crippen molar-refractivity contribution in [1.82, 2.24) is 4.98 Å². The third-order valence-corrected chi connectivity index (χ3v) is 3.73. The lowest BCUT2D eigenvalue weighted by Gasteiger charge is -1.86. The van der Waals surface area contributed by atoms with Gasteiger partial charge in [0.1, 0.15) is 9.70 Å². The zero-order valence-electron chi connectivity index (χ0n) is 9.40. The number of hydrogen-bond donors (Lipinski definition) is 2. The van der Waals surface area contributed by atoms with Gasteiger partial charge in [0, 0.05) is 0 Å². The van der Waals surface area contributed by atoms with Crippen molar-refractivity contribution in [2.75, 3.05) is 5.73 Å². The third kappa shape index (κ3) is 2.98. The second-order valence-electron chi connectivity index (χ2n) is 3.28. The summed E-state index contributed by atoms with van der Waals surface area (Å²) in [5, 5.41) is 12.2. The van der Waals surface area contributed by atoms with E-state index in [1.165, 1.54) is 28.7 Å². The van der Waals surface area contributed by atoms with Gasteiger partial charge in [0.25, 0.3) is 5.56 Å². The number of thiophene rings is 2. The number of aromatic carboxylic acids is 1. The van der Waals surface area contributed by atoms with Crippen LogP contribution in [-0.4, -0.2) is 16.1 Å². The van der Waals surface area contributed by atoms with Crippen LogP contribution >= 0.6 is 22.7 Å². The predicted molar refractivity (Wildman–Crippen MR) is 73.8 cm³/mol. The second-order valence-corrected chi connectivity index (χ2v) is 5.14. The fourth-order valence-corrected chi connectivity index (χ4v) is 2.58. The van der Waals surface area contributed by atoms with Gasteiger partial charge in [-0.2, -0.15) is 4.98 Å². The van der Waals surface area contributed by atoms with E-state index < -0.39 is 5.97 Å². The summed E-state index contributed by atoms with van der Waals surface area (Å²) in [6.45, 7) is 0. The molecule has 3 N–H and O–H groups in total. The van der Waals surface area contributed by atoms with Crippen LogP contribution in [0.4, 0.5) is 5.00 Å². The quantitative estimate of drug-likeness (QED) is 0.713. The maximum absolute atomic E-state index is 10.9. The Labute approximate surface area is 114 Å². The highest BCUT2D eigenvalue weighted by molar-refractivity contribution is 7.17. The molecule has 0 aliphatic heterocycles. The minimum absolute atomic E-state index is 0.194. The van der Waals surface area contributed by atoms with E-state index in [-0.39, 0.29) is 11.1 Å². The first kappa shape index (κ1) is 13.2. The minimum atomic E-state index is -0.964. The smallest absolute Gasteiger partial charge is 0.338 e. The Kier molecular flexibility index (Phi) is 3.93.